The third kappa shape index (κ3) is 2.36. The minimum Gasteiger partial charge on any atom is -0.497 e. The van der Waals surface area contributed by atoms with Gasteiger partial charge in [-0.3, -0.25) is 0 Å². The Kier molecular flexibility index (Phi) is 4.16. The third-order valence-corrected chi connectivity index (χ3v) is 2.90. The van der Waals surface area contributed by atoms with E-state index in [1.54, 1.807) is 14.2 Å². The summed E-state index contributed by atoms with van der Waals surface area (Å²) in [5, 5.41) is 1.14. The van der Waals surface area contributed by atoms with Gasteiger partial charge < -0.3 is 9.16 Å². The van der Waals surface area contributed by atoms with Gasteiger partial charge in [0.25, 0.3) is 9.76 Å². The van der Waals surface area contributed by atoms with Crippen LogP contribution in [0, 0.1) is 0 Å². The molecule has 0 N–H and O–H groups in total. The molecule has 3 heteroatoms. The zero-order chi connectivity index (χ0) is 10.6. The van der Waals surface area contributed by atoms with Crippen LogP contribution in [0.4, 0.5) is 0 Å². The molecule has 1 aromatic carbocycles. The predicted molar refractivity (Wildman–Crippen MR) is 59.5 cm³/mol. The van der Waals surface area contributed by atoms with E-state index < -0.39 is 0 Å². The molecule has 0 spiro atoms. The Bertz CT molecular complexity index is 297. The van der Waals surface area contributed by atoms with E-state index in [4.69, 9.17) is 9.16 Å². The van der Waals surface area contributed by atoms with Crippen molar-refractivity contribution in [2.24, 2.45) is 0 Å². The number of hydrogen-bond acceptors (Lipinski definition) is 2. The van der Waals surface area contributed by atoms with Gasteiger partial charge in [0, 0.05) is 12.3 Å². The first-order valence-electron chi connectivity index (χ1n) is 4.66. The lowest BCUT2D eigenvalue weighted by molar-refractivity contribution is 0.407. The lowest BCUT2D eigenvalue weighted by Gasteiger charge is -2.14. The number of benzene rings is 1. The van der Waals surface area contributed by atoms with Crippen LogP contribution in [0.2, 0.25) is 0 Å². The standard InChI is InChI=1S/C11H16O2Si/c1-8(2)9-6-5-7-10(14-13-4)11(9)12-3/h5-8H,1-4H3. The molecule has 0 heterocycles. The van der Waals surface area contributed by atoms with Crippen LogP contribution in [0.1, 0.15) is 25.3 Å². The van der Waals surface area contributed by atoms with Gasteiger partial charge in [0.1, 0.15) is 5.75 Å². The molecule has 14 heavy (non-hydrogen) atoms. The van der Waals surface area contributed by atoms with E-state index in [9.17, 15) is 0 Å². The van der Waals surface area contributed by atoms with Crippen LogP contribution in [-0.4, -0.2) is 24.0 Å². The van der Waals surface area contributed by atoms with Gasteiger partial charge in [-0.2, -0.15) is 0 Å². The second-order valence-corrected chi connectivity index (χ2v) is 4.54. The van der Waals surface area contributed by atoms with Gasteiger partial charge in [0.05, 0.1) is 7.11 Å². The molecule has 0 saturated carbocycles. The Morgan fingerprint density at radius 2 is 1.93 bits per heavy atom. The Hall–Kier alpha value is -0.803. The molecule has 1 rings (SSSR count). The lowest BCUT2D eigenvalue weighted by atomic mass is 10.0. The van der Waals surface area contributed by atoms with Gasteiger partial charge in [-0.05, 0) is 11.5 Å². The summed E-state index contributed by atoms with van der Waals surface area (Å²) >= 11 is 0. The molecule has 0 saturated heterocycles. The molecule has 76 valence electrons. The molecule has 2 nitrogen and oxygen atoms in total. The Labute approximate surface area is 88.2 Å². The van der Waals surface area contributed by atoms with Crippen LogP contribution in [0.25, 0.3) is 0 Å². The summed E-state index contributed by atoms with van der Waals surface area (Å²) in [5.41, 5.74) is 1.24. The zero-order valence-corrected chi connectivity index (χ0v) is 10.1. The number of methoxy groups -OCH3 is 1. The molecule has 0 bridgehead atoms. The largest absolute Gasteiger partial charge is 0.497 e. The SMILES string of the molecule is CO[Si]c1cccc(C(C)C)c1OC. The van der Waals surface area contributed by atoms with Crippen molar-refractivity contribution < 1.29 is 9.16 Å². The van der Waals surface area contributed by atoms with Gasteiger partial charge in [0.15, 0.2) is 0 Å². The summed E-state index contributed by atoms with van der Waals surface area (Å²) in [5.74, 6) is 1.45. The van der Waals surface area contributed by atoms with E-state index in [0.717, 1.165) is 10.9 Å². The minimum absolute atomic E-state index is 0.357. The maximum atomic E-state index is 5.42. The smallest absolute Gasteiger partial charge is 0.272 e. The van der Waals surface area contributed by atoms with E-state index in [1.807, 2.05) is 6.07 Å². The first-order valence-corrected chi connectivity index (χ1v) is 5.57. The molecule has 2 radical (unpaired) electrons. The molecule has 1 aromatic rings. The second kappa shape index (κ2) is 5.17. The Morgan fingerprint density at radius 3 is 2.43 bits per heavy atom. The fraction of sp³-hybridized carbons (Fsp3) is 0.455. The van der Waals surface area contributed by atoms with E-state index in [1.165, 1.54) is 5.56 Å². The van der Waals surface area contributed by atoms with Crippen LogP contribution in [0.3, 0.4) is 0 Å². The average Bonchev–Trinajstić information content (AvgIpc) is 2.18. The molecule has 0 aliphatic rings. The third-order valence-electron chi connectivity index (χ3n) is 2.08. The van der Waals surface area contributed by atoms with Crippen molar-refractivity contribution >= 4 is 14.9 Å². The molecule has 0 atom stereocenters. The summed E-state index contributed by atoms with van der Waals surface area (Å²) in [4.78, 5) is 0. The molecular formula is C11H16O2Si. The van der Waals surface area contributed by atoms with Crippen LogP contribution in [0.5, 0.6) is 5.75 Å². The predicted octanol–water partition coefficient (Wildman–Crippen LogP) is 1.71. The van der Waals surface area contributed by atoms with E-state index in [0.29, 0.717) is 15.7 Å². The topological polar surface area (TPSA) is 18.5 Å². The number of hydrogen-bond donors (Lipinski definition) is 0. The number of ether oxygens (including phenoxy) is 1. The molecule has 0 aromatic heterocycles. The maximum Gasteiger partial charge on any atom is 0.272 e. The summed E-state index contributed by atoms with van der Waals surface area (Å²) in [6.45, 7) is 4.33. The van der Waals surface area contributed by atoms with Crippen molar-refractivity contribution in [1.29, 1.82) is 0 Å². The van der Waals surface area contributed by atoms with E-state index in [-0.39, 0.29) is 0 Å². The first-order chi connectivity index (χ1) is 6.70. The summed E-state index contributed by atoms with van der Waals surface area (Å²) in [6, 6.07) is 6.21. The van der Waals surface area contributed by atoms with Crippen LogP contribution in [-0.2, 0) is 4.43 Å². The molecule has 0 fully saturated rings. The quantitative estimate of drug-likeness (QED) is 0.701. The molecular weight excluding hydrogens is 192 g/mol. The van der Waals surface area contributed by atoms with Gasteiger partial charge in [-0.15, -0.1) is 0 Å². The Balaban J connectivity index is 3.11. The number of para-hydroxylation sites is 1. The highest BCUT2D eigenvalue weighted by molar-refractivity contribution is 6.48. The molecule has 0 aliphatic heterocycles. The Morgan fingerprint density at radius 1 is 1.21 bits per heavy atom. The fourth-order valence-corrected chi connectivity index (χ4v) is 2.15. The minimum atomic E-state index is 0.357. The van der Waals surface area contributed by atoms with Crippen molar-refractivity contribution in [3.63, 3.8) is 0 Å². The molecule has 0 amide bonds. The normalized spacial score (nSPS) is 10.6. The van der Waals surface area contributed by atoms with Crippen molar-refractivity contribution in [2.75, 3.05) is 14.2 Å². The second-order valence-electron chi connectivity index (χ2n) is 3.39. The highest BCUT2D eigenvalue weighted by atomic mass is 28.2. The highest BCUT2D eigenvalue weighted by Gasteiger charge is 2.11. The van der Waals surface area contributed by atoms with Crippen molar-refractivity contribution in [3.8, 4) is 5.75 Å². The maximum absolute atomic E-state index is 5.42. The van der Waals surface area contributed by atoms with Gasteiger partial charge in [-0.25, -0.2) is 0 Å². The van der Waals surface area contributed by atoms with E-state index >= 15 is 0 Å². The van der Waals surface area contributed by atoms with Gasteiger partial charge in [-0.1, -0.05) is 32.0 Å². The zero-order valence-electron chi connectivity index (χ0n) is 9.13. The van der Waals surface area contributed by atoms with Crippen LogP contribution in [0.15, 0.2) is 18.2 Å². The van der Waals surface area contributed by atoms with Crippen molar-refractivity contribution in [2.45, 2.75) is 19.8 Å². The average molecular weight is 208 g/mol. The van der Waals surface area contributed by atoms with E-state index in [2.05, 4.69) is 26.0 Å². The van der Waals surface area contributed by atoms with Crippen molar-refractivity contribution in [3.05, 3.63) is 23.8 Å². The number of rotatable bonds is 4. The van der Waals surface area contributed by atoms with Crippen molar-refractivity contribution in [1.82, 2.24) is 0 Å². The van der Waals surface area contributed by atoms with Crippen LogP contribution >= 0.6 is 0 Å². The lowest BCUT2D eigenvalue weighted by Crippen LogP contribution is -2.20. The summed E-state index contributed by atoms with van der Waals surface area (Å²) < 4.78 is 10.6. The fourth-order valence-electron chi connectivity index (χ4n) is 1.43. The summed E-state index contributed by atoms with van der Waals surface area (Å²) in [6.07, 6.45) is 0. The van der Waals surface area contributed by atoms with Crippen LogP contribution < -0.4 is 9.92 Å². The monoisotopic (exact) mass is 208 g/mol. The molecule has 0 aliphatic carbocycles. The van der Waals surface area contributed by atoms with Gasteiger partial charge in [0.2, 0.25) is 0 Å². The first kappa shape index (κ1) is 11.3. The summed E-state index contributed by atoms with van der Waals surface area (Å²) in [7, 11) is 3.78. The highest BCUT2D eigenvalue weighted by Crippen LogP contribution is 2.23. The molecule has 0 unspecified atom stereocenters. The van der Waals surface area contributed by atoms with Gasteiger partial charge >= 0.3 is 0 Å².